The Balaban J connectivity index is 2.18. The van der Waals surface area contributed by atoms with Gasteiger partial charge in [0.05, 0.1) is 0 Å². The summed E-state index contributed by atoms with van der Waals surface area (Å²) in [6.07, 6.45) is 0. The number of nitrogens with one attached hydrogen (secondary N) is 1. The van der Waals surface area contributed by atoms with E-state index in [9.17, 15) is 9.18 Å². The molecule has 0 aliphatic carbocycles. The molecule has 0 fully saturated rings. The number of carbonyl (C=O) groups is 1. The highest BCUT2D eigenvalue weighted by Crippen LogP contribution is 2.17. The first kappa shape index (κ1) is 21.6. The number of benzene rings is 2. The lowest BCUT2D eigenvalue weighted by atomic mass is 9.98. The van der Waals surface area contributed by atoms with Crippen molar-refractivity contribution in [3.05, 3.63) is 70.5 Å². The Bertz CT molecular complexity index is 987. The second-order valence-corrected chi connectivity index (χ2v) is 6.01. The molecule has 0 bridgehead atoms. The van der Waals surface area contributed by atoms with Crippen LogP contribution in [-0.4, -0.2) is 31.5 Å². The van der Waals surface area contributed by atoms with Crippen molar-refractivity contribution in [2.75, 3.05) is 14.2 Å². The molecule has 0 saturated carbocycles. The van der Waals surface area contributed by atoms with E-state index in [-0.39, 0.29) is 24.0 Å². The predicted octanol–water partition coefficient (Wildman–Crippen LogP) is 3.17. The number of hydrogen-bond acceptors (Lipinski definition) is 5. The van der Waals surface area contributed by atoms with Crippen molar-refractivity contribution < 1.29 is 18.9 Å². The van der Waals surface area contributed by atoms with Crippen LogP contribution in [0.5, 0.6) is 0 Å². The van der Waals surface area contributed by atoms with Gasteiger partial charge in [0.2, 0.25) is 0 Å². The maximum atomic E-state index is 12.9. The van der Waals surface area contributed by atoms with Gasteiger partial charge in [-0.05, 0) is 49.6 Å². The number of hydrogen-bond donors (Lipinski definition) is 1. The fraction of sp³-hybridized carbons (Fsp3) is 0.227. The molecular weight excluding hydrogens is 373 g/mol. The summed E-state index contributed by atoms with van der Waals surface area (Å²) >= 11 is 0. The highest BCUT2D eigenvalue weighted by Gasteiger charge is 2.19. The van der Waals surface area contributed by atoms with E-state index in [1.165, 1.54) is 26.3 Å². The minimum absolute atomic E-state index is 0.122. The van der Waals surface area contributed by atoms with Gasteiger partial charge < -0.3 is 15.0 Å². The first-order valence-corrected chi connectivity index (χ1v) is 8.82. The number of aryl methyl sites for hydroxylation is 1. The SMILES string of the molecule is CNC(=O)/C(=N/OC)c1cccc(C)c1CO/N=C(\C)C#Cc1ccc(F)cc1. The second kappa shape index (κ2) is 10.6. The van der Waals surface area contributed by atoms with Crippen molar-refractivity contribution in [1.29, 1.82) is 0 Å². The van der Waals surface area contributed by atoms with Crippen LogP contribution in [0.4, 0.5) is 4.39 Å². The Hall–Kier alpha value is -3.66. The van der Waals surface area contributed by atoms with Crippen LogP contribution in [0.25, 0.3) is 0 Å². The molecule has 0 unspecified atom stereocenters. The largest absolute Gasteiger partial charge is 0.398 e. The van der Waals surface area contributed by atoms with Gasteiger partial charge in [-0.15, -0.1) is 0 Å². The van der Waals surface area contributed by atoms with Gasteiger partial charge in [0.15, 0.2) is 5.71 Å². The number of carbonyl (C=O) groups excluding carboxylic acids is 1. The molecule has 0 aliphatic heterocycles. The van der Waals surface area contributed by atoms with Gasteiger partial charge >= 0.3 is 0 Å². The molecule has 1 amide bonds. The van der Waals surface area contributed by atoms with Crippen LogP contribution in [0.1, 0.15) is 29.2 Å². The molecule has 0 heterocycles. The van der Waals surface area contributed by atoms with Crippen molar-refractivity contribution in [3.8, 4) is 11.8 Å². The summed E-state index contributed by atoms with van der Waals surface area (Å²) in [6, 6.07) is 11.4. The van der Waals surface area contributed by atoms with Gasteiger partial charge in [-0.2, -0.15) is 0 Å². The summed E-state index contributed by atoms with van der Waals surface area (Å²) in [6.45, 7) is 3.73. The van der Waals surface area contributed by atoms with Crippen molar-refractivity contribution in [1.82, 2.24) is 5.32 Å². The number of amides is 1. The van der Waals surface area contributed by atoms with Crippen molar-refractivity contribution in [3.63, 3.8) is 0 Å². The van der Waals surface area contributed by atoms with Crippen LogP contribution in [0.3, 0.4) is 0 Å². The molecule has 2 aromatic carbocycles. The molecule has 6 nitrogen and oxygen atoms in total. The van der Waals surface area contributed by atoms with Crippen molar-refractivity contribution in [2.45, 2.75) is 20.5 Å². The highest BCUT2D eigenvalue weighted by atomic mass is 19.1. The van der Waals surface area contributed by atoms with Gasteiger partial charge in [0, 0.05) is 23.7 Å². The standard InChI is InChI=1S/C22H22FN3O3/c1-15-6-5-7-19(21(26-28-4)22(27)24-3)20(15)14-29-25-16(2)8-9-17-10-12-18(23)13-11-17/h5-7,10-13H,14H2,1-4H3,(H,24,27)/b25-16+,26-21+. The van der Waals surface area contributed by atoms with Crippen LogP contribution in [0.2, 0.25) is 0 Å². The van der Waals surface area contributed by atoms with E-state index < -0.39 is 0 Å². The lowest BCUT2D eigenvalue weighted by molar-refractivity contribution is -0.114. The van der Waals surface area contributed by atoms with E-state index in [0.29, 0.717) is 16.8 Å². The van der Waals surface area contributed by atoms with Crippen LogP contribution >= 0.6 is 0 Å². The smallest absolute Gasteiger partial charge is 0.273 e. The van der Waals surface area contributed by atoms with Gasteiger partial charge in [0.1, 0.15) is 25.2 Å². The van der Waals surface area contributed by atoms with Gasteiger partial charge in [0.25, 0.3) is 5.91 Å². The number of nitrogens with zero attached hydrogens (tertiary/aromatic N) is 2. The summed E-state index contributed by atoms with van der Waals surface area (Å²) in [5.74, 6) is 5.05. The fourth-order valence-corrected chi connectivity index (χ4v) is 2.45. The zero-order valence-electron chi connectivity index (χ0n) is 16.7. The summed E-state index contributed by atoms with van der Waals surface area (Å²) in [7, 11) is 2.90. The zero-order valence-corrected chi connectivity index (χ0v) is 16.7. The Morgan fingerprint density at radius 3 is 2.55 bits per heavy atom. The van der Waals surface area contributed by atoms with Gasteiger partial charge in [-0.3, -0.25) is 4.79 Å². The van der Waals surface area contributed by atoms with Gasteiger partial charge in [-0.25, -0.2) is 4.39 Å². The predicted molar refractivity (Wildman–Crippen MR) is 110 cm³/mol. The van der Waals surface area contributed by atoms with Crippen LogP contribution in [0, 0.1) is 24.6 Å². The lowest BCUT2D eigenvalue weighted by Crippen LogP contribution is -2.29. The minimum Gasteiger partial charge on any atom is -0.398 e. The molecule has 1 N–H and O–H groups in total. The summed E-state index contributed by atoms with van der Waals surface area (Å²) in [4.78, 5) is 22.4. The van der Waals surface area contributed by atoms with E-state index in [2.05, 4.69) is 27.5 Å². The average Bonchev–Trinajstić information content (AvgIpc) is 2.72. The third-order valence-electron chi connectivity index (χ3n) is 3.93. The van der Waals surface area contributed by atoms with Crippen molar-refractivity contribution >= 4 is 17.3 Å². The molecule has 7 heteroatoms. The lowest BCUT2D eigenvalue weighted by Gasteiger charge is -2.12. The number of likely N-dealkylation sites (N-methyl/N-ethyl adjacent to an activating group) is 1. The van der Waals surface area contributed by atoms with E-state index in [4.69, 9.17) is 9.68 Å². The highest BCUT2D eigenvalue weighted by molar-refractivity contribution is 6.45. The van der Waals surface area contributed by atoms with Crippen LogP contribution in [-0.2, 0) is 21.1 Å². The molecule has 0 aliphatic rings. The Morgan fingerprint density at radius 2 is 1.90 bits per heavy atom. The monoisotopic (exact) mass is 395 g/mol. The normalized spacial score (nSPS) is 11.3. The third-order valence-corrected chi connectivity index (χ3v) is 3.93. The first-order valence-electron chi connectivity index (χ1n) is 8.82. The first-order chi connectivity index (χ1) is 14.0. The maximum absolute atomic E-state index is 12.9. The molecule has 0 aromatic heterocycles. The summed E-state index contributed by atoms with van der Waals surface area (Å²) < 4.78 is 12.9. The molecule has 29 heavy (non-hydrogen) atoms. The van der Waals surface area contributed by atoms with E-state index >= 15 is 0 Å². The molecule has 2 aromatic rings. The van der Waals surface area contributed by atoms with Gasteiger partial charge in [-0.1, -0.05) is 34.4 Å². The van der Waals surface area contributed by atoms with Crippen LogP contribution in [0.15, 0.2) is 52.8 Å². The second-order valence-electron chi connectivity index (χ2n) is 6.01. The summed E-state index contributed by atoms with van der Waals surface area (Å²) in [5, 5.41) is 10.4. The Labute approximate surface area is 169 Å². The molecule has 0 radical (unpaired) electrons. The van der Waals surface area contributed by atoms with E-state index in [0.717, 1.165) is 11.1 Å². The molecule has 0 atom stereocenters. The molecule has 2 rings (SSSR count). The average molecular weight is 395 g/mol. The Kier molecular flexibility index (Phi) is 7.92. The quantitative estimate of drug-likeness (QED) is 0.464. The van der Waals surface area contributed by atoms with E-state index in [1.807, 2.05) is 19.1 Å². The van der Waals surface area contributed by atoms with Crippen molar-refractivity contribution in [2.24, 2.45) is 10.3 Å². The Morgan fingerprint density at radius 1 is 1.17 bits per heavy atom. The molecule has 0 spiro atoms. The topological polar surface area (TPSA) is 72.3 Å². The van der Waals surface area contributed by atoms with Crippen LogP contribution < -0.4 is 5.32 Å². The number of halogens is 1. The van der Waals surface area contributed by atoms with E-state index in [1.54, 1.807) is 25.1 Å². The molecule has 0 saturated heterocycles. The maximum Gasteiger partial charge on any atom is 0.273 e. The third kappa shape index (κ3) is 6.18. The molecular formula is C22H22FN3O3. The molecule has 150 valence electrons. The zero-order chi connectivity index (χ0) is 21.2. The fourth-order valence-electron chi connectivity index (χ4n) is 2.45. The minimum atomic E-state index is -0.372. The number of oxime groups is 2. The number of rotatable bonds is 6. The summed E-state index contributed by atoms with van der Waals surface area (Å²) in [5.41, 5.74) is 3.55.